The van der Waals surface area contributed by atoms with Crippen molar-refractivity contribution in [2.24, 2.45) is 0 Å². The number of carbonyl (C=O) groups is 1. The summed E-state index contributed by atoms with van der Waals surface area (Å²) in [7, 11) is 0. The van der Waals surface area contributed by atoms with E-state index in [9.17, 15) is 4.79 Å². The zero-order chi connectivity index (χ0) is 16.2. The Kier molecular flexibility index (Phi) is 4.92. The third-order valence-corrected chi connectivity index (χ3v) is 5.61. The van der Waals surface area contributed by atoms with E-state index in [-0.39, 0.29) is 11.2 Å². The van der Waals surface area contributed by atoms with Crippen LogP contribution >= 0.6 is 23.1 Å². The van der Waals surface area contributed by atoms with Crippen molar-refractivity contribution in [1.82, 2.24) is 25.1 Å². The van der Waals surface area contributed by atoms with Crippen LogP contribution in [0.1, 0.15) is 19.7 Å². The van der Waals surface area contributed by atoms with Gasteiger partial charge < -0.3 is 9.88 Å². The molecule has 23 heavy (non-hydrogen) atoms. The van der Waals surface area contributed by atoms with Gasteiger partial charge in [-0.3, -0.25) is 4.79 Å². The fourth-order valence-corrected chi connectivity index (χ4v) is 4.33. The number of rotatable bonds is 6. The van der Waals surface area contributed by atoms with E-state index >= 15 is 0 Å². The molecule has 3 rings (SSSR count). The Balaban J connectivity index is 1.59. The van der Waals surface area contributed by atoms with Crippen LogP contribution in [0.15, 0.2) is 34.9 Å². The highest BCUT2D eigenvalue weighted by Gasteiger charge is 2.17. The van der Waals surface area contributed by atoms with Crippen LogP contribution in [0.3, 0.4) is 0 Å². The predicted octanol–water partition coefficient (Wildman–Crippen LogP) is 2.70. The number of aryl methyl sites for hydroxylation is 1. The average molecular weight is 347 g/mol. The Morgan fingerprint density at radius 3 is 3.04 bits per heavy atom. The minimum absolute atomic E-state index is 0.0279. The molecule has 120 valence electrons. The van der Waals surface area contributed by atoms with Crippen LogP contribution in [0.5, 0.6) is 0 Å². The second-order valence-electron chi connectivity index (χ2n) is 4.96. The predicted molar refractivity (Wildman–Crippen MR) is 92.5 cm³/mol. The molecule has 0 spiro atoms. The maximum absolute atomic E-state index is 12.2. The van der Waals surface area contributed by atoms with Gasteiger partial charge in [0.1, 0.15) is 6.33 Å². The molecule has 0 aliphatic carbocycles. The second-order valence-corrected chi connectivity index (χ2v) is 7.58. The maximum atomic E-state index is 12.2. The molecule has 2 aromatic heterocycles. The van der Waals surface area contributed by atoms with Gasteiger partial charge in [0.15, 0.2) is 10.2 Å². The zero-order valence-electron chi connectivity index (χ0n) is 12.9. The molecule has 0 saturated carbocycles. The van der Waals surface area contributed by atoms with Crippen molar-refractivity contribution in [3.63, 3.8) is 0 Å². The van der Waals surface area contributed by atoms with Crippen molar-refractivity contribution in [1.29, 1.82) is 0 Å². The van der Waals surface area contributed by atoms with Crippen LogP contribution in [0.2, 0.25) is 0 Å². The molecule has 0 fully saturated rings. The number of fused-ring (bicyclic) bond motifs is 1. The topological polar surface area (TPSA) is 72.7 Å². The van der Waals surface area contributed by atoms with E-state index in [0.29, 0.717) is 6.54 Å². The van der Waals surface area contributed by atoms with Crippen LogP contribution in [-0.2, 0) is 17.9 Å². The first-order valence-corrected chi connectivity index (χ1v) is 9.03. The van der Waals surface area contributed by atoms with Gasteiger partial charge in [-0.1, -0.05) is 23.9 Å². The standard InChI is InChI=1S/C15H17N5OS2/c1-3-20-9-17-19-13(20)8-16-14(21)10(2)22-15-18-11-6-4-5-7-12(11)23-15/h4-7,9-10H,3,8H2,1-2H3,(H,16,21). The van der Waals surface area contributed by atoms with E-state index in [2.05, 4.69) is 20.5 Å². The third-order valence-electron chi connectivity index (χ3n) is 3.38. The lowest BCUT2D eigenvalue weighted by Crippen LogP contribution is -2.31. The summed E-state index contributed by atoms with van der Waals surface area (Å²) in [5.41, 5.74) is 0.976. The van der Waals surface area contributed by atoms with Crippen molar-refractivity contribution in [3.05, 3.63) is 36.4 Å². The lowest BCUT2D eigenvalue weighted by molar-refractivity contribution is -0.120. The molecular formula is C15H17N5OS2. The third kappa shape index (κ3) is 3.70. The Morgan fingerprint density at radius 2 is 2.26 bits per heavy atom. The van der Waals surface area contributed by atoms with Gasteiger partial charge in [0, 0.05) is 6.54 Å². The number of nitrogens with one attached hydrogen (secondary N) is 1. The Hall–Kier alpha value is -1.93. The van der Waals surface area contributed by atoms with Gasteiger partial charge in [-0.05, 0) is 26.0 Å². The first-order valence-electron chi connectivity index (χ1n) is 7.34. The van der Waals surface area contributed by atoms with Crippen molar-refractivity contribution in [2.45, 2.75) is 36.5 Å². The molecule has 1 unspecified atom stereocenters. The lowest BCUT2D eigenvalue weighted by Gasteiger charge is -2.10. The zero-order valence-corrected chi connectivity index (χ0v) is 14.5. The molecule has 8 heteroatoms. The first kappa shape index (κ1) is 15.9. The first-order chi connectivity index (χ1) is 11.2. The minimum Gasteiger partial charge on any atom is -0.348 e. The van der Waals surface area contributed by atoms with Crippen LogP contribution in [-0.4, -0.2) is 30.9 Å². The van der Waals surface area contributed by atoms with Crippen LogP contribution < -0.4 is 5.32 Å². The molecule has 1 N–H and O–H groups in total. The number of carbonyl (C=O) groups excluding carboxylic acids is 1. The van der Waals surface area contributed by atoms with Gasteiger partial charge in [-0.25, -0.2) is 4.98 Å². The van der Waals surface area contributed by atoms with E-state index < -0.39 is 0 Å². The van der Waals surface area contributed by atoms with Gasteiger partial charge in [0.05, 0.1) is 22.0 Å². The summed E-state index contributed by atoms with van der Waals surface area (Å²) in [4.78, 5) is 16.8. The molecular weight excluding hydrogens is 330 g/mol. The molecule has 0 radical (unpaired) electrons. The monoisotopic (exact) mass is 347 g/mol. The molecule has 1 aromatic carbocycles. The number of benzene rings is 1. The van der Waals surface area contributed by atoms with Crippen LogP contribution in [0, 0.1) is 0 Å². The molecule has 1 atom stereocenters. The van der Waals surface area contributed by atoms with Gasteiger partial charge in [-0.15, -0.1) is 21.5 Å². The molecule has 3 aromatic rings. The van der Waals surface area contributed by atoms with E-state index in [1.165, 1.54) is 11.8 Å². The molecule has 0 aliphatic rings. The number of nitrogens with zero attached hydrogens (tertiary/aromatic N) is 4. The van der Waals surface area contributed by atoms with Crippen LogP contribution in [0.4, 0.5) is 0 Å². The molecule has 1 amide bonds. The van der Waals surface area contributed by atoms with Gasteiger partial charge in [0.2, 0.25) is 5.91 Å². The molecule has 0 aliphatic heterocycles. The highest BCUT2D eigenvalue weighted by molar-refractivity contribution is 8.02. The molecule has 2 heterocycles. The van der Waals surface area contributed by atoms with Gasteiger partial charge >= 0.3 is 0 Å². The number of thiazole rings is 1. The number of para-hydroxylation sites is 1. The highest BCUT2D eigenvalue weighted by atomic mass is 32.2. The van der Waals surface area contributed by atoms with Crippen LogP contribution in [0.25, 0.3) is 10.2 Å². The number of amides is 1. The Labute approximate surface area is 142 Å². The van der Waals surface area contributed by atoms with Crippen molar-refractivity contribution >= 4 is 39.2 Å². The second kappa shape index (κ2) is 7.10. The van der Waals surface area contributed by atoms with E-state index in [1.807, 2.05) is 42.7 Å². The normalized spacial score (nSPS) is 12.4. The Bertz CT molecular complexity index is 780. The summed E-state index contributed by atoms with van der Waals surface area (Å²) in [5, 5.41) is 10.6. The summed E-state index contributed by atoms with van der Waals surface area (Å²) in [6.45, 7) is 5.07. The summed E-state index contributed by atoms with van der Waals surface area (Å²) >= 11 is 3.09. The average Bonchev–Trinajstić information content (AvgIpc) is 3.17. The largest absolute Gasteiger partial charge is 0.348 e. The Morgan fingerprint density at radius 1 is 1.43 bits per heavy atom. The van der Waals surface area contributed by atoms with Crippen molar-refractivity contribution in [2.75, 3.05) is 0 Å². The minimum atomic E-state index is -0.214. The summed E-state index contributed by atoms with van der Waals surface area (Å²) in [5.74, 6) is 0.734. The number of hydrogen-bond donors (Lipinski definition) is 1. The number of aromatic nitrogens is 4. The van der Waals surface area contributed by atoms with Gasteiger partial charge in [0.25, 0.3) is 0 Å². The van der Waals surface area contributed by atoms with Crippen molar-refractivity contribution in [3.8, 4) is 0 Å². The number of hydrogen-bond acceptors (Lipinski definition) is 6. The van der Waals surface area contributed by atoms with E-state index in [4.69, 9.17) is 0 Å². The fourth-order valence-electron chi connectivity index (χ4n) is 2.10. The smallest absolute Gasteiger partial charge is 0.233 e. The molecule has 0 bridgehead atoms. The molecule has 6 nitrogen and oxygen atoms in total. The quantitative estimate of drug-likeness (QED) is 0.694. The van der Waals surface area contributed by atoms with E-state index in [1.54, 1.807) is 17.7 Å². The number of thioether (sulfide) groups is 1. The van der Waals surface area contributed by atoms with Gasteiger partial charge in [-0.2, -0.15) is 0 Å². The fraction of sp³-hybridized carbons (Fsp3) is 0.333. The SMILES string of the molecule is CCn1cnnc1CNC(=O)C(C)Sc1nc2ccccc2s1. The summed E-state index contributed by atoms with van der Waals surface area (Å²) in [6.07, 6.45) is 1.67. The maximum Gasteiger partial charge on any atom is 0.233 e. The van der Waals surface area contributed by atoms with E-state index in [0.717, 1.165) is 26.9 Å². The van der Waals surface area contributed by atoms with Crippen molar-refractivity contribution < 1.29 is 4.79 Å². The summed E-state index contributed by atoms with van der Waals surface area (Å²) in [6, 6.07) is 7.99. The summed E-state index contributed by atoms with van der Waals surface area (Å²) < 4.78 is 3.95. The molecule has 0 saturated heterocycles. The lowest BCUT2D eigenvalue weighted by atomic mass is 10.3. The highest BCUT2D eigenvalue weighted by Crippen LogP contribution is 2.31.